The maximum absolute atomic E-state index is 11.8. The van der Waals surface area contributed by atoms with Gasteiger partial charge in [-0.3, -0.25) is 4.79 Å². The summed E-state index contributed by atoms with van der Waals surface area (Å²) in [6, 6.07) is 9.70. The molecule has 2 N–H and O–H groups in total. The molecular weight excluding hydrogens is 511 g/mol. The highest BCUT2D eigenvalue weighted by Crippen LogP contribution is 2.22. The third-order valence-corrected chi connectivity index (χ3v) is 5.06. The molecule has 0 atom stereocenters. The molecule has 154 valence electrons. The van der Waals surface area contributed by atoms with Gasteiger partial charge in [0.05, 0.1) is 13.7 Å². The summed E-state index contributed by atoms with van der Waals surface area (Å²) < 4.78 is 5.17. The van der Waals surface area contributed by atoms with Crippen LogP contribution >= 0.6 is 46.9 Å². The van der Waals surface area contributed by atoms with E-state index in [4.69, 9.17) is 16.3 Å². The number of halogens is 2. The Morgan fingerprint density at radius 3 is 2.68 bits per heavy atom. The molecule has 0 aliphatic rings. The number of rotatable bonds is 8. The van der Waals surface area contributed by atoms with E-state index in [2.05, 4.69) is 21.7 Å². The van der Waals surface area contributed by atoms with Crippen molar-refractivity contribution in [3.05, 3.63) is 51.2 Å². The highest BCUT2D eigenvalue weighted by Gasteiger charge is 2.06. The number of hydrogen-bond acceptors (Lipinski definition) is 4. The van der Waals surface area contributed by atoms with Crippen molar-refractivity contribution in [1.29, 1.82) is 0 Å². The van der Waals surface area contributed by atoms with Gasteiger partial charge in [-0.1, -0.05) is 23.7 Å². The van der Waals surface area contributed by atoms with Crippen molar-refractivity contribution in [2.45, 2.75) is 13.0 Å². The fraction of sp³-hybridized carbons (Fsp3) is 0.368. The summed E-state index contributed by atoms with van der Waals surface area (Å²) in [6.45, 7) is 1.39. The number of hydrogen-bond donors (Lipinski definition) is 2. The Hall–Kier alpha value is -1.52. The zero-order chi connectivity index (χ0) is 19.6. The topological polar surface area (TPSA) is 66.0 Å². The number of likely N-dealkylation sites (N-methyl/N-ethyl adjacent to an activating group) is 1. The van der Waals surface area contributed by atoms with Crippen molar-refractivity contribution in [1.82, 2.24) is 15.5 Å². The molecule has 9 heteroatoms. The molecule has 0 unspecified atom stereocenters. The van der Waals surface area contributed by atoms with Crippen LogP contribution in [0.5, 0.6) is 5.75 Å². The molecule has 2 aromatic rings. The number of nitrogens with one attached hydrogen (secondary N) is 2. The second-order valence-electron chi connectivity index (χ2n) is 6.02. The van der Waals surface area contributed by atoms with Gasteiger partial charge in [0.1, 0.15) is 12.3 Å². The Balaban J connectivity index is 0.00000392. The van der Waals surface area contributed by atoms with Crippen LogP contribution in [0.3, 0.4) is 0 Å². The van der Waals surface area contributed by atoms with Crippen LogP contribution in [0, 0.1) is 0 Å². The predicted octanol–water partition coefficient (Wildman–Crippen LogP) is 3.39. The SMILES string of the molecule is COc1ccc(CCNC(=NCC(=O)N(C)C)NCc2cccs2)c(Cl)c1.I. The summed E-state index contributed by atoms with van der Waals surface area (Å²) in [5.74, 6) is 1.28. The summed E-state index contributed by atoms with van der Waals surface area (Å²) >= 11 is 7.96. The molecule has 2 rings (SSSR count). The minimum absolute atomic E-state index is 0. The number of nitrogens with zero attached hydrogens (tertiary/aromatic N) is 2. The van der Waals surface area contributed by atoms with Gasteiger partial charge in [-0.15, -0.1) is 35.3 Å². The molecular formula is C19H26ClIN4O2S. The van der Waals surface area contributed by atoms with E-state index in [9.17, 15) is 4.79 Å². The first-order chi connectivity index (χ1) is 13.0. The minimum Gasteiger partial charge on any atom is -0.497 e. The number of benzene rings is 1. The van der Waals surface area contributed by atoms with Crippen LogP contribution in [0.4, 0.5) is 0 Å². The zero-order valence-electron chi connectivity index (χ0n) is 16.2. The van der Waals surface area contributed by atoms with E-state index in [-0.39, 0.29) is 36.4 Å². The quantitative estimate of drug-likeness (QED) is 0.308. The lowest BCUT2D eigenvalue weighted by molar-refractivity contribution is -0.127. The molecule has 0 radical (unpaired) electrons. The molecule has 0 spiro atoms. The lowest BCUT2D eigenvalue weighted by Crippen LogP contribution is -2.39. The molecule has 0 saturated carbocycles. The maximum Gasteiger partial charge on any atom is 0.243 e. The molecule has 0 aliphatic carbocycles. The second kappa shape index (κ2) is 12.8. The summed E-state index contributed by atoms with van der Waals surface area (Å²) in [6.07, 6.45) is 0.726. The van der Waals surface area contributed by atoms with Gasteiger partial charge in [0.25, 0.3) is 0 Å². The van der Waals surface area contributed by atoms with E-state index in [1.165, 1.54) is 9.78 Å². The van der Waals surface area contributed by atoms with E-state index < -0.39 is 0 Å². The first-order valence-corrected chi connectivity index (χ1v) is 9.82. The number of carbonyl (C=O) groups is 1. The lowest BCUT2D eigenvalue weighted by atomic mass is 10.1. The lowest BCUT2D eigenvalue weighted by Gasteiger charge is -2.14. The van der Waals surface area contributed by atoms with Crippen LogP contribution in [0.15, 0.2) is 40.7 Å². The standard InChI is InChI=1S/C19H25ClN4O2S.HI/c1-24(2)18(25)13-23-19(22-12-16-5-4-10-27-16)21-9-8-14-6-7-15(26-3)11-17(14)20;/h4-7,10-11H,8-9,12-13H2,1-3H3,(H2,21,22,23);1H. The smallest absolute Gasteiger partial charge is 0.243 e. The fourth-order valence-electron chi connectivity index (χ4n) is 2.22. The number of amides is 1. The Labute approximate surface area is 192 Å². The summed E-state index contributed by atoms with van der Waals surface area (Å²) in [5.41, 5.74) is 1.02. The number of carbonyl (C=O) groups excluding carboxylic acids is 1. The van der Waals surface area contributed by atoms with E-state index in [1.54, 1.807) is 38.6 Å². The van der Waals surface area contributed by atoms with Crippen LogP contribution < -0.4 is 15.4 Å². The Kier molecular flexibility index (Phi) is 11.2. The van der Waals surface area contributed by atoms with Gasteiger partial charge in [0, 0.05) is 30.5 Å². The van der Waals surface area contributed by atoms with Crippen molar-refractivity contribution < 1.29 is 9.53 Å². The number of guanidine groups is 1. The molecule has 0 fully saturated rings. The molecule has 1 aromatic heterocycles. The fourth-order valence-corrected chi connectivity index (χ4v) is 3.13. The molecule has 1 aromatic carbocycles. The van der Waals surface area contributed by atoms with Crippen LogP contribution in [0.25, 0.3) is 0 Å². The number of thiophene rings is 1. The van der Waals surface area contributed by atoms with Crippen molar-refractivity contribution in [3.8, 4) is 5.75 Å². The van der Waals surface area contributed by atoms with Crippen LogP contribution in [0.1, 0.15) is 10.4 Å². The molecule has 0 saturated heterocycles. The van der Waals surface area contributed by atoms with Crippen LogP contribution in [-0.4, -0.2) is 51.1 Å². The zero-order valence-corrected chi connectivity index (χ0v) is 20.1. The van der Waals surface area contributed by atoms with Gasteiger partial charge in [-0.25, -0.2) is 4.99 Å². The molecule has 1 heterocycles. The van der Waals surface area contributed by atoms with Gasteiger partial charge in [-0.2, -0.15) is 0 Å². The van der Waals surface area contributed by atoms with Gasteiger partial charge in [-0.05, 0) is 35.6 Å². The average Bonchev–Trinajstić information content (AvgIpc) is 3.17. The highest BCUT2D eigenvalue weighted by molar-refractivity contribution is 14.0. The van der Waals surface area contributed by atoms with Crippen molar-refractivity contribution in [2.24, 2.45) is 4.99 Å². The molecule has 28 heavy (non-hydrogen) atoms. The normalized spacial score (nSPS) is 10.8. The summed E-state index contributed by atoms with van der Waals surface area (Å²) in [5, 5.41) is 9.23. The van der Waals surface area contributed by atoms with Crippen molar-refractivity contribution in [2.75, 3.05) is 34.3 Å². The van der Waals surface area contributed by atoms with Crippen LogP contribution in [-0.2, 0) is 17.8 Å². The number of ether oxygens (including phenoxy) is 1. The van der Waals surface area contributed by atoms with E-state index >= 15 is 0 Å². The Bertz CT molecular complexity index is 769. The van der Waals surface area contributed by atoms with Crippen molar-refractivity contribution >= 4 is 58.8 Å². The van der Waals surface area contributed by atoms with Gasteiger partial charge in [0.15, 0.2) is 5.96 Å². The Morgan fingerprint density at radius 1 is 1.29 bits per heavy atom. The van der Waals surface area contributed by atoms with Gasteiger partial charge < -0.3 is 20.3 Å². The predicted molar refractivity (Wildman–Crippen MR) is 127 cm³/mol. The maximum atomic E-state index is 11.8. The third kappa shape index (κ3) is 8.24. The average molecular weight is 537 g/mol. The first-order valence-electron chi connectivity index (χ1n) is 8.56. The monoisotopic (exact) mass is 536 g/mol. The second-order valence-corrected chi connectivity index (χ2v) is 7.46. The summed E-state index contributed by atoms with van der Waals surface area (Å²) in [7, 11) is 5.05. The molecule has 6 nitrogen and oxygen atoms in total. The van der Waals surface area contributed by atoms with E-state index in [1.807, 2.05) is 23.6 Å². The van der Waals surface area contributed by atoms with Crippen LogP contribution in [0.2, 0.25) is 5.02 Å². The number of aliphatic imine (C=N–C) groups is 1. The summed E-state index contributed by atoms with van der Waals surface area (Å²) in [4.78, 5) is 18.9. The minimum atomic E-state index is -0.0505. The highest BCUT2D eigenvalue weighted by atomic mass is 127. The first kappa shape index (κ1) is 24.5. The van der Waals surface area contributed by atoms with Gasteiger partial charge >= 0.3 is 0 Å². The van der Waals surface area contributed by atoms with Crippen molar-refractivity contribution in [3.63, 3.8) is 0 Å². The van der Waals surface area contributed by atoms with E-state index in [0.717, 1.165) is 17.7 Å². The van der Waals surface area contributed by atoms with Gasteiger partial charge in [0.2, 0.25) is 5.91 Å². The molecule has 0 bridgehead atoms. The molecule has 0 aliphatic heterocycles. The largest absolute Gasteiger partial charge is 0.497 e. The van der Waals surface area contributed by atoms with E-state index in [0.29, 0.717) is 24.1 Å². The molecule has 1 amide bonds. The third-order valence-electron chi connectivity index (χ3n) is 3.83. The Morgan fingerprint density at radius 2 is 2.07 bits per heavy atom. The number of methoxy groups -OCH3 is 1.